The van der Waals surface area contributed by atoms with Gasteiger partial charge < -0.3 is 30.5 Å². The van der Waals surface area contributed by atoms with E-state index in [4.69, 9.17) is 25.2 Å². The molecule has 44 heavy (non-hydrogen) atoms. The first-order valence-electron chi connectivity index (χ1n) is 13.8. The summed E-state index contributed by atoms with van der Waals surface area (Å²) in [5.74, 6) is -5.23. The fourth-order valence-corrected chi connectivity index (χ4v) is 5.17. The fraction of sp³-hybridized carbons (Fsp3) is 0.379. The number of carbonyl (C=O) groups excluding carboxylic acids is 1. The number of hydrogen-bond acceptors (Lipinski definition) is 9. The van der Waals surface area contributed by atoms with Crippen LogP contribution in [0.2, 0.25) is 0 Å². The highest BCUT2D eigenvalue weighted by Crippen LogP contribution is 2.51. The maximum absolute atomic E-state index is 14.8. The molecule has 5 N–H and O–H groups in total. The van der Waals surface area contributed by atoms with Gasteiger partial charge in [-0.15, -0.1) is 0 Å². The minimum atomic E-state index is -3.08. The molecule has 0 saturated heterocycles. The van der Waals surface area contributed by atoms with Crippen LogP contribution in [0.3, 0.4) is 0 Å². The Morgan fingerprint density at radius 3 is 2.50 bits per heavy atom. The van der Waals surface area contributed by atoms with Gasteiger partial charge in [-0.05, 0) is 31.0 Å². The average Bonchev–Trinajstić information content (AvgIpc) is 3.44. The molecule has 1 aliphatic carbocycles. The second-order valence-electron chi connectivity index (χ2n) is 9.85. The highest BCUT2D eigenvalue weighted by molar-refractivity contribution is 5.98. The number of nitrogens with one attached hydrogen (secondary N) is 1. The largest absolute Gasteiger partial charge is 0.434 e. The number of amides is 1. The smallest absolute Gasteiger partial charge is 0.387 e. The van der Waals surface area contributed by atoms with Gasteiger partial charge in [0, 0.05) is 34.4 Å². The Kier molecular flexibility index (Phi) is 9.83. The second kappa shape index (κ2) is 13.2. The summed E-state index contributed by atoms with van der Waals surface area (Å²) in [5.41, 5.74) is 1.82. The van der Waals surface area contributed by atoms with Crippen molar-refractivity contribution in [3.8, 4) is 17.0 Å². The lowest BCUT2D eigenvalue weighted by atomic mass is 9.89. The van der Waals surface area contributed by atoms with E-state index in [0.29, 0.717) is 29.7 Å². The number of benzene rings is 1. The highest BCUT2D eigenvalue weighted by atomic mass is 19.3. The SMILES string of the molecule is CC.CCC(O)CC(O)(O)O.O=C1NC2CC(c3c(OC(F)F)cccc31)c1c2nn2cc(F)c(-c3cncc(F)c3)nc12. The normalized spacial score (nSPS) is 17.4. The number of pyridine rings is 1. The molecule has 3 atom stereocenters. The first kappa shape index (κ1) is 32.7. The molecule has 0 saturated carbocycles. The topological polar surface area (TPSA) is 162 Å². The predicted molar refractivity (Wildman–Crippen MR) is 148 cm³/mol. The molecule has 3 unspecified atom stereocenters. The van der Waals surface area contributed by atoms with E-state index >= 15 is 0 Å². The van der Waals surface area contributed by atoms with Gasteiger partial charge in [0.25, 0.3) is 11.9 Å². The van der Waals surface area contributed by atoms with Gasteiger partial charge in [-0.1, -0.05) is 26.8 Å². The maximum Gasteiger partial charge on any atom is 0.387 e. The summed E-state index contributed by atoms with van der Waals surface area (Å²) in [6, 6.07) is 4.97. The van der Waals surface area contributed by atoms with E-state index in [0.717, 1.165) is 18.5 Å². The number of alkyl halides is 2. The van der Waals surface area contributed by atoms with Gasteiger partial charge >= 0.3 is 6.61 Å². The van der Waals surface area contributed by atoms with E-state index in [2.05, 4.69) is 20.4 Å². The number of aliphatic hydroxyl groups is 4. The van der Waals surface area contributed by atoms with E-state index in [1.807, 2.05) is 13.8 Å². The Labute approximate surface area is 248 Å². The lowest BCUT2D eigenvalue weighted by Crippen LogP contribution is -2.32. The molecule has 0 spiro atoms. The Morgan fingerprint density at radius 1 is 1.16 bits per heavy atom. The lowest BCUT2D eigenvalue weighted by molar-refractivity contribution is -0.322. The fourth-order valence-electron chi connectivity index (χ4n) is 5.17. The molecule has 1 amide bonds. The number of halogens is 4. The molecule has 0 fully saturated rings. The summed E-state index contributed by atoms with van der Waals surface area (Å²) in [6.45, 7) is 2.60. The zero-order valence-electron chi connectivity index (χ0n) is 23.9. The van der Waals surface area contributed by atoms with Crippen LogP contribution in [-0.2, 0) is 0 Å². The van der Waals surface area contributed by atoms with E-state index in [1.165, 1.54) is 28.9 Å². The zero-order valence-corrected chi connectivity index (χ0v) is 23.9. The number of rotatable bonds is 6. The molecule has 4 aromatic rings. The molecule has 0 radical (unpaired) electrons. The summed E-state index contributed by atoms with van der Waals surface area (Å²) in [4.78, 5) is 20.9. The third-order valence-corrected chi connectivity index (χ3v) is 6.92. The molecule has 4 heterocycles. The Bertz CT molecular complexity index is 1640. The number of aromatic nitrogens is 4. The standard InChI is InChI=1S/C22H13F4N5O2.C5H12O4.C2H6/c23-10-4-9(6-27-7-10)18-13(24)8-31-20(29-18)17-12-5-14(19(17)30-31)28-21(32)11-2-1-3-15(16(11)12)33-22(25)26;1-2-4(6)3-5(7,8)9;1-2/h1-4,6-8,12,14,22H,5H2,(H,28,32);4,6-9H,2-3H2,1H3;1-2H3. The van der Waals surface area contributed by atoms with Gasteiger partial charge in [-0.25, -0.2) is 18.3 Å². The summed E-state index contributed by atoms with van der Waals surface area (Å²) >= 11 is 0. The average molecular weight is 622 g/mol. The van der Waals surface area contributed by atoms with Crippen molar-refractivity contribution in [3.63, 3.8) is 0 Å². The molecule has 15 heteroatoms. The quantitative estimate of drug-likeness (QED) is 0.159. The number of nitrogens with zero attached hydrogens (tertiary/aromatic N) is 4. The van der Waals surface area contributed by atoms with Crippen molar-refractivity contribution in [3.05, 3.63) is 76.9 Å². The Hall–Kier alpha value is -4.18. The first-order valence-corrected chi connectivity index (χ1v) is 13.8. The van der Waals surface area contributed by atoms with E-state index in [-0.39, 0.29) is 28.2 Å². The van der Waals surface area contributed by atoms with Gasteiger partial charge in [-0.2, -0.15) is 13.9 Å². The Balaban J connectivity index is 0.000000348. The number of ether oxygens (including phenoxy) is 1. The zero-order chi connectivity index (χ0) is 32.3. The van der Waals surface area contributed by atoms with Gasteiger partial charge in [0.1, 0.15) is 17.3 Å². The van der Waals surface area contributed by atoms with Crippen molar-refractivity contribution >= 4 is 11.6 Å². The number of hydrogen-bond donors (Lipinski definition) is 5. The van der Waals surface area contributed by atoms with Crippen LogP contribution < -0.4 is 10.1 Å². The molecule has 3 aromatic heterocycles. The molecule has 2 aliphatic rings. The minimum Gasteiger partial charge on any atom is -0.434 e. The first-order chi connectivity index (χ1) is 20.9. The van der Waals surface area contributed by atoms with E-state index in [1.54, 1.807) is 6.92 Å². The van der Waals surface area contributed by atoms with Crippen molar-refractivity contribution in [2.45, 2.75) is 70.7 Å². The van der Waals surface area contributed by atoms with Gasteiger partial charge in [0.05, 0.1) is 36.7 Å². The summed E-state index contributed by atoms with van der Waals surface area (Å²) in [6.07, 6.45) is 2.85. The minimum absolute atomic E-state index is 0.118. The number of carbonyl (C=O) groups is 1. The monoisotopic (exact) mass is 621 g/mol. The third-order valence-electron chi connectivity index (χ3n) is 6.92. The third kappa shape index (κ3) is 6.80. The van der Waals surface area contributed by atoms with Crippen LogP contribution in [-0.4, -0.2) is 64.6 Å². The van der Waals surface area contributed by atoms with Crippen molar-refractivity contribution in [2.75, 3.05) is 0 Å². The molecule has 6 rings (SSSR count). The van der Waals surface area contributed by atoms with Crippen LogP contribution in [0.15, 0.2) is 42.9 Å². The maximum atomic E-state index is 14.8. The van der Waals surface area contributed by atoms with Crippen LogP contribution in [0.1, 0.15) is 79.2 Å². The summed E-state index contributed by atoms with van der Waals surface area (Å²) in [5, 5.41) is 40.8. The predicted octanol–water partition coefficient (Wildman–Crippen LogP) is 3.80. The Morgan fingerprint density at radius 2 is 1.89 bits per heavy atom. The molecular weight excluding hydrogens is 590 g/mol. The molecule has 2 bridgehead atoms. The number of fused-ring (bicyclic) bond motifs is 9. The molecular formula is C29H31F4N5O6. The number of aliphatic hydroxyl groups excluding tert-OH is 1. The van der Waals surface area contributed by atoms with Gasteiger partial charge in [-0.3, -0.25) is 9.78 Å². The van der Waals surface area contributed by atoms with Crippen molar-refractivity contribution < 1.29 is 47.5 Å². The molecule has 236 valence electrons. The lowest BCUT2D eigenvalue weighted by Gasteiger charge is -2.18. The molecule has 1 aliphatic heterocycles. The molecule has 11 nitrogen and oxygen atoms in total. The van der Waals surface area contributed by atoms with E-state index in [9.17, 15) is 22.4 Å². The van der Waals surface area contributed by atoms with Crippen LogP contribution in [0.25, 0.3) is 16.9 Å². The van der Waals surface area contributed by atoms with Crippen LogP contribution in [0.4, 0.5) is 17.6 Å². The van der Waals surface area contributed by atoms with E-state index < -0.39 is 54.6 Å². The van der Waals surface area contributed by atoms with Gasteiger partial charge in [0.15, 0.2) is 11.5 Å². The summed E-state index contributed by atoms with van der Waals surface area (Å²) < 4.78 is 60.7. The summed E-state index contributed by atoms with van der Waals surface area (Å²) in [7, 11) is 0. The van der Waals surface area contributed by atoms with Crippen molar-refractivity contribution in [2.24, 2.45) is 0 Å². The van der Waals surface area contributed by atoms with Crippen LogP contribution >= 0.6 is 0 Å². The van der Waals surface area contributed by atoms with Crippen molar-refractivity contribution in [1.82, 2.24) is 24.9 Å². The second-order valence-corrected chi connectivity index (χ2v) is 9.85. The van der Waals surface area contributed by atoms with Crippen LogP contribution in [0, 0.1) is 11.6 Å². The van der Waals surface area contributed by atoms with Crippen molar-refractivity contribution in [1.29, 1.82) is 0 Å². The van der Waals surface area contributed by atoms with Crippen LogP contribution in [0.5, 0.6) is 5.75 Å². The van der Waals surface area contributed by atoms with Gasteiger partial charge in [0.2, 0.25) is 0 Å². The molecule has 1 aromatic carbocycles. The highest BCUT2D eigenvalue weighted by Gasteiger charge is 2.44.